The van der Waals surface area contributed by atoms with Crippen LogP contribution in [0.5, 0.6) is 0 Å². The predicted octanol–water partition coefficient (Wildman–Crippen LogP) is 1.86. The Morgan fingerprint density at radius 2 is 2.00 bits per heavy atom. The first-order valence-electron chi connectivity index (χ1n) is 6.13. The normalized spacial score (nSPS) is 22.2. The van der Waals surface area contributed by atoms with Crippen molar-refractivity contribution >= 4 is 11.6 Å². The Kier molecular flexibility index (Phi) is 2.59. The van der Waals surface area contributed by atoms with Crippen molar-refractivity contribution in [2.24, 2.45) is 0 Å². The Labute approximate surface area is 101 Å². The van der Waals surface area contributed by atoms with Crippen LogP contribution in [0.3, 0.4) is 0 Å². The Hall–Kier alpha value is -1.77. The molecule has 17 heavy (non-hydrogen) atoms. The number of rotatable bonds is 2. The van der Waals surface area contributed by atoms with E-state index in [2.05, 4.69) is 28.9 Å². The van der Waals surface area contributed by atoms with Crippen LogP contribution in [0.2, 0.25) is 0 Å². The van der Waals surface area contributed by atoms with Gasteiger partial charge < -0.3 is 10.6 Å². The predicted molar refractivity (Wildman–Crippen MR) is 67.9 cm³/mol. The largest absolute Gasteiger partial charge is 0.373 e. The molecule has 1 aliphatic heterocycles. The molecule has 88 valence electrons. The molecule has 0 radical (unpaired) electrons. The Balaban J connectivity index is 1.62. The highest BCUT2D eigenvalue weighted by Crippen LogP contribution is 2.25. The fraction of sp³-hybridized carbons (Fsp3) is 0.357. The van der Waals surface area contributed by atoms with Crippen LogP contribution in [0.4, 0.5) is 5.69 Å². The third-order valence-electron chi connectivity index (χ3n) is 3.44. The van der Waals surface area contributed by atoms with Gasteiger partial charge in [0.15, 0.2) is 0 Å². The summed E-state index contributed by atoms with van der Waals surface area (Å²) in [7, 11) is 0. The molecule has 0 fully saturated rings. The number of hydrogen-bond acceptors (Lipinski definition) is 2. The second-order valence-electron chi connectivity index (χ2n) is 4.71. The molecule has 1 heterocycles. The van der Waals surface area contributed by atoms with Gasteiger partial charge in [-0.15, -0.1) is 0 Å². The summed E-state index contributed by atoms with van der Waals surface area (Å²) in [5, 5.41) is 6.37. The fourth-order valence-electron chi connectivity index (χ4n) is 2.49. The number of carbonyl (C=O) groups excluding carboxylic acids is 1. The molecule has 2 N–H and O–H groups in total. The van der Waals surface area contributed by atoms with Crippen LogP contribution in [-0.4, -0.2) is 18.0 Å². The highest BCUT2D eigenvalue weighted by atomic mass is 16.2. The van der Waals surface area contributed by atoms with Crippen molar-refractivity contribution in [2.75, 3.05) is 5.32 Å². The number of hydrogen-bond donors (Lipinski definition) is 2. The lowest BCUT2D eigenvalue weighted by molar-refractivity contribution is -0.122. The highest BCUT2D eigenvalue weighted by molar-refractivity contribution is 5.87. The van der Waals surface area contributed by atoms with Gasteiger partial charge in [0.1, 0.15) is 6.04 Å². The minimum atomic E-state index is -0.104. The number of para-hydroxylation sites is 1. The van der Waals surface area contributed by atoms with Gasteiger partial charge >= 0.3 is 0 Å². The Morgan fingerprint density at radius 1 is 1.24 bits per heavy atom. The molecule has 0 saturated carbocycles. The molecule has 0 spiro atoms. The summed E-state index contributed by atoms with van der Waals surface area (Å²) in [6.45, 7) is 0. The second-order valence-corrected chi connectivity index (χ2v) is 4.71. The van der Waals surface area contributed by atoms with E-state index in [0.717, 1.165) is 24.9 Å². The third kappa shape index (κ3) is 2.05. The second kappa shape index (κ2) is 4.24. The summed E-state index contributed by atoms with van der Waals surface area (Å²) in [4.78, 5) is 12.1. The lowest BCUT2D eigenvalue weighted by atomic mass is 10.1. The van der Waals surface area contributed by atoms with E-state index in [1.807, 2.05) is 18.2 Å². The molecule has 3 heteroatoms. The zero-order chi connectivity index (χ0) is 11.7. The van der Waals surface area contributed by atoms with Crippen LogP contribution < -0.4 is 10.6 Å². The maximum Gasteiger partial charge on any atom is 0.243 e. The molecule has 0 bridgehead atoms. The monoisotopic (exact) mass is 228 g/mol. The first-order valence-corrected chi connectivity index (χ1v) is 6.13. The van der Waals surface area contributed by atoms with Gasteiger partial charge in [-0.3, -0.25) is 4.79 Å². The summed E-state index contributed by atoms with van der Waals surface area (Å²) >= 11 is 0. The first-order chi connectivity index (χ1) is 8.33. The summed E-state index contributed by atoms with van der Waals surface area (Å²) < 4.78 is 0. The zero-order valence-electron chi connectivity index (χ0n) is 9.65. The smallest absolute Gasteiger partial charge is 0.243 e. The van der Waals surface area contributed by atoms with Crippen molar-refractivity contribution < 1.29 is 4.79 Å². The molecule has 1 atom stereocenters. The summed E-state index contributed by atoms with van der Waals surface area (Å²) in [5.41, 5.74) is 2.33. The third-order valence-corrected chi connectivity index (χ3v) is 3.44. The average molecular weight is 228 g/mol. The van der Waals surface area contributed by atoms with E-state index in [4.69, 9.17) is 0 Å². The van der Waals surface area contributed by atoms with Crippen molar-refractivity contribution in [3.05, 3.63) is 42.0 Å². The summed E-state index contributed by atoms with van der Waals surface area (Å²) in [6, 6.07) is 8.31. The molecule has 1 aromatic rings. The number of anilines is 1. The van der Waals surface area contributed by atoms with Crippen molar-refractivity contribution in [1.82, 2.24) is 5.32 Å². The maximum atomic E-state index is 12.1. The van der Waals surface area contributed by atoms with Crippen LogP contribution in [0.25, 0.3) is 0 Å². The van der Waals surface area contributed by atoms with Crippen LogP contribution in [0.1, 0.15) is 18.4 Å². The minimum absolute atomic E-state index is 0.104. The van der Waals surface area contributed by atoms with E-state index < -0.39 is 0 Å². The fourth-order valence-corrected chi connectivity index (χ4v) is 2.49. The van der Waals surface area contributed by atoms with E-state index >= 15 is 0 Å². The van der Waals surface area contributed by atoms with Crippen molar-refractivity contribution in [1.29, 1.82) is 0 Å². The van der Waals surface area contributed by atoms with Gasteiger partial charge in [0.05, 0.1) is 0 Å². The van der Waals surface area contributed by atoms with Crippen LogP contribution in [0, 0.1) is 0 Å². The molecule has 3 rings (SSSR count). The average Bonchev–Trinajstić information content (AvgIpc) is 2.96. The Bertz CT molecular complexity index is 434. The van der Waals surface area contributed by atoms with Gasteiger partial charge in [0.2, 0.25) is 5.91 Å². The van der Waals surface area contributed by atoms with E-state index in [1.165, 1.54) is 5.56 Å². The van der Waals surface area contributed by atoms with Gasteiger partial charge in [-0.05, 0) is 24.5 Å². The van der Waals surface area contributed by atoms with Crippen molar-refractivity contribution in [3.63, 3.8) is 0 Å². The molecule has 0 saturated heterocycles. The van der Waals surface area contributed by atoms with Gasteiger partial charge in [-0.1, -0.05) is 30.4 Å². The zero-order valence-corrected chi connectivity index (χ0v) is 9.65. The molecular formula is C14H16N2O. The lowest BCUT2D eigenvalue weighted by Gasteiger charge is -2.16. The number of nitrogens with one attached hydrogen (secondary N) is 2. The maximum absolute atomic E-state index is 12.1. The molecular weight excluding hydrogens is 212 g/mol. The van der Waals surface area contributed by atoms with E-state index in [9.17, 15) is 4.79 Å². The van der Waals surface area contributed by atoms with Crippen LogP contribution >= 0.6 is 0 Å². The topological polar surface area (TPSA) is 41.1 Å². The number of carbonyl (C=O) groups is 1. The lowest BCUT2D eigenvalue weighted by Crippen LogP contribution is -2.43. The summed E-state index contributed by atoms with van der Waals surface area (Å²) in [5.74, 6) is 0.120. The van der Waals surface area contributed by atoms with Gasteiger partial charge in [0.25, 0.3) is 0 Å². The molecule has 1 aromatic carbocycles. The van der Waals surface area contributed by atoms with E-state index in [0.29, 0.717) is 6.04 Å². The number of fused-ring (bicyclic) bond motifs is 1. The van der Waals surface area contributed by atoms with Crippen molar-refractivity contribution in [2.45, 2.75) is 31.3 Å². The standard InChI is InChI=1S/C14H16N2O/c17-14(15-11-6-2-3-7-11)13-9-10-5-1-4-8-12(10)16-13/h1-5,8,11,13,16H,6-7,9H2,(H,15,17)/t13-/m0/s1. The minimum Gasteiger partial charge on any atom is -0.373 e. The molecule has 2 aliphatic rings. The highest BCUT2D eigenvalue weighted by Gasteiger charge is 2.27. The molecule has 0 unspecified atom stereocenters. The molecule has 1 amide bonds. The number of amides is 1. The molecule has 1 aliphatic carbocycles. The van der Waals surface area contributed by atoms with Gasteiger partial charge in [-0.2, -0.15) is 0 Å². The van der Waals surface area contributed by atoms with Crippen LogP contribution in [0.15, 0.2) is 36.4 Å². The van der Waals surface area contributed by atoms with Crippen LogP contribution in [-0.2, 0) is 11.2 Å². The van der Waals surface area contributed by atoms with E-state index in [-0.39, 0.29) is 11.9 Å². The van der Waals surface area contributed by atoms with E-state index in [1.54, 1.807) is 0 Å². The molecule has 0 aromatic heterocycles. The quantitative estimate of drug-likeness (QED) is 0.759. The first kappa shape index (κ1) is 10.4. The Morgan fingerprint density at radius 3 is 2.76 bits per heavy atom. The van der Waals surface area contributed by atoms with Crippen molar-refractivity contribution in [3.8, 4) is 0 Å². The van der Waals surface area contributed by atoms with Gasteiger partial charge in [-0.25, -0.2) is 0 Å². The summed E-state index contributed by atoms with van der Waals surface area (Å²) in [6.07, 6.45) is 6.97. The number of benzene rings is 1. The van der Waals surface area contributed by atoms with Gasteiger partial charge in [0, 0.05) is 18.2 Å². The molecule has 3 nitrogen and oxygen atoms in total. The SMILES string of the molecule is O=C(NC1CC=CC1)[C@@H]1Cc2ccccc2N1.